The molecule has 1 aromatic rings. The number of amides is 2. The van der Waals surface area contributed by atoms with Crippen molar-refractivity contribution in [2.75, 3.05) is 26.2 Å². The highest BCUT2D eigenvalue weighted by Crippen LogP contribution is 2.09. The average molecular weight is 239 g/mol. The highest BCUT2D eigenvalue weighted by atomic mass is 16.5. The van der Waals surface area contributed by atoms with E-state index in [0.717, 1.165) is 0 Å². The van der Waals surface area contributed by atoms with E-state index in [1.165, 1.54) is 4.90 Å². The van der Waals surface area contributed by atoms with E-state index in [9.17, 15) is 9.59 Å². The van der Waals surface area contributed by atoms with Crippen LogP contribution in [0.5, 0.6) is 5.88 Å². The molecule has 1 aliphatic heterocycles. The van der Waals surface area contributed by atoms with Gasteiger partial charge in [-0.2, -0.15) is 0 Å². The van der Waals surface area contributed by atoms with Gasteiger partial charge in [-0.15, -0.1) is 0 Å². The van der Waals surface area contributed by atoms with Crippen LogP contribution in [0.2, 0.25) is 0 Å². The second-order valence-corrected chi connectivity index (χ2v) is 3.73. The van der Waals surface area contributed by atoms with Crippen LogP contribution in [0, 0.1) is 6.92 Å². The number of rotatable bonds is 3. The fraction of sp³-hybridized carbons (Fsp3) is 0.500. The van der Waals surface area contributed by atoms with Crippen LogP contribution >= 0.6 is 0 Å². The summed E-state index contributed by atoms with van der Waals surface area (Å²) in [5.41, 5.74) is 0. The van der Waals surface area contributed by atoms with Gasteiger partial charge in [-0.25, -0.2) is 0 Å². The maximum Gasteiger partial charge on any atom is 0.261 e. The van der Waals surface area contributed by atoms with Crippen molar-refractivity contribution in [3.63, 3.8) is 0 Å². The number of hydrogen-bond acceptors (Lipinski definition) is 5. The zero-order chi connectivity index (χ0) is 12.3. The lowest BCUT2D eigenvalue weighted by atomic mass is 10.3. The predicted octanol–water partition coefficient (Wildman–Crippen LogP) is -0.680. The van der Waals surface area contributed by atoms with Crippen LogP contribution in [0.3, 0.4) is 0 Å². The molecule has 1 N–H and O–H groups in total. The first kappa shape index (κ1) is 11.4. The summed E-state index contributed by atoms with van der Waals surface area (Å²) in [6, 6.07) is 1.59. The predicted molar refractivity (Wildman–Crippen MR) is 56.3 cm³/mol. The van der Waals surface area contributed by atoms with E-state index in [4.69, 9.17) is 9.26 Å². The third kappa shape index (κ3) is 2.96. The van der Waals surface area contributed by atoms with E-state index in [2.05, 4.69) is 10.5 Å². The number of aromatic nitrogens is 1. The minimum atomic E-state index is -0.236. The SMILES string of the molecule is Cc1cc(OCC(=O)N2CCNC(=O)C2)no1. The van der Waals surface area contributed by atoms with Crippen molar-refractivity contribution in [2.45, 2.75) is 6.92 Å². The summed E-state index contributed by atoms with van der Waals surface area (Å²) in [6.45, 7) is 2.66. The Kier molecular flexibility index (Phi) is 3.27. The Bertz CT molecular complexity index is 429. The number of nitrogens with one attached hydrogen (secondary N) is 1. The summed E-state index contributed by atoms with van der Waals surface area (Å²) >= 11 is 0. The van der Waals surface area contributed by atoms with Crippen LogP contribution in [0.25, 0.3) is 0 Å². The van der Waals surface area contributed by atoms with Crippen LogP contribution in [0.15, 0.2) is 10.6 Å². The summed E-state index contributed by atoms with van der Waals surface area (Å²) in [7, 11) is 0. The van der Waals surface area contributed by atoms with Gasteiger partial charge in [0.15, 0.2) is 6.61 Å². The fourth-order valence-electron chi connectivity index (χ4n) is 1.49. The number of piperazine rings is 1. The van der Waals surface area contributed by atoms with E-state index in [1.54, 1.807) is 13.0 Å². The molecule has 1 fully saturated rings. The molecule has 0 radical (unpaired) electrons. The first-order valence-corrected chi connectivity index (χ1v) is 5.26. The van der Waals surface area contributed by atoms with Crippen LogP contribution in [-0.4, -0.2) is 48.1 Å². The van der Waals surface area contributed by atoms with E-state index in [-0.39, 0.29) is 30.8 Å². The van der Waals surface area contributed by atoms with Crippen molar-refractivity contribution < 1.29 is 18.8 Å². The molecular formula is C10H13N3O4. The van der Waals surface area contributed by atoms with Gasteiger partial charge in [0.1, 0.15) is 5.76 Å². The van der Waals surface area contributed by atoms with Crippen LogP contribution < -0.4 is 10.1 Å². The zero-order valence-electron chi connectivity index (χ0n) is 9.43. The van der Waals surface area contributed by atoms with Gasteiger partial charge in [-0.05, 0) is 12.1 Å². The third-order valence-corrected chi connectivity index (χ3v) is 2.34. The molecule has 0 saturated carbocycles. The Balaban J connectivity index is 1.82. The topological polar surface area (TPSA) is 84.7 Å². The second-order valence-electron chi connectivity index (χ2n) is 3.73. The normalized spacial score (nSPS) is 15.6. The van der Waals surface area contributed by atoms with Crippen molar-refractivity contribution in [3.05, 3.63) is 11.8 Å². The molecule has 1 aromatic heterocycles. The minimum Gasteiger partial charge on any atom is -0.465 e. The van der Waals surface area contributed by atoms with Gasteiger partial charge in [0, 0.05) is 19.2 Å². The number of ether oxygens (including phenoxy) is 1. The van der Waals surface area contributed by atoms with Crippen molar-refractivity contribution in [3.8, 4) is 5.88 Å². The Hall–Kier alpha value is -2.05. The van der Waals surface area contributed by atoms with E-state index < -0.39 is 0 Å². The Morgan fingerprint density at radius 3 is 3.18 bits per heavy atom. The lowest BCUT2D eigenvalue weighted by Gasteiger charge is -2.26. The molecule has 0 bridgehead atoms. The van der Waals surface area contributed by atoms with Crippen molar-refractivity contribution in [1.29, 1.82) is 0 Å². The first-order valence-electron chi connectivity index (χ1n) is 5.26. The van der Waals surface area contributed by atoms with Gasteiger partial charge >= 0.3 is 0 Å². The molecule has 7 heteroatoms. The number of aryl methyl sites for hydroxylation is 1. The monoisotopic (exact) mass is 239 g/mol. The summed E-state index contributed by atoms with van der Waals surface area (Å²) in [5.74, 6) is 0.504. The molecular weight excluding hydrogens is 226 g/mol. The molecule has 0 aliphatic carbocycles. The quantitative estimate of drug-likeness (QED) is 0.755. The summed E-state index contributed by atoms with van der Waals surface area (Å²) in [6.07, 6.45) is 0. The van der Waals surface area contributed by atoms with Gasteiger partial charge < -0.3 is 19.5 Å². The van der Waals surface area contributed by atoms with Crippen LogP contribution in [-0.2, 0) is 9.59 Å². The smallest absolute Gasteiger partial charge is 0.261 e. The first-order chi connectivity index (χ1) is 8.15. The standard InChI is InChI=1S/C10H13N3O4/c1-7-4-9(12-17-7)16-6-10(15)13-3-2-11-8(14)5-13/h4H,2-3,5-6H2,1H3,(H,11,14). The Morgan fingerprint density at radius 1 is 1.71 bits per heavy atom. The van der Waals surface area contributed by atoms with Gasteiger partial charge in [-0.1, -0.05) is 0 Å². The molecule has 2 amide bonds. The molecule has 92 valence electrons. The number of carbonyl (C=O) groups excluding carboxylic acids is 2. The van der Waals surface area contributed by atoms with Gasteiger partial charge in [-0.3, -0.25) is 9.59 Å². The molecule has 1 aliphatic rings. The highest BCUT2D eigenvalue weighted by molar-refractivity contribution is 5.86. The van der Waals surface area contributed by atoms with Crippen molar-refractivity contribution in [2.24, 2.45) is 0 Å². The van der Waals surface area contributed by atoms with Gasteiger partial charge in [0.05, 0.1) is 6.54 Å². The Labute approximate surface area is 97.7 Å². The van der Waals surface area contributed by atoms with Crippen LogP contribution in [0.4, 0.5) is 0 Å². The number of hydrogen-bond donors (Lipinski definition) is 1. The van der Waals surface area contributed by atoms with Crippen LogP contribution in [0.1, 0.15) is 5.76 Å². The lowest BCUT2D eigenvalue weighted by Crippen LogP contribution is -2.51. The molecule has 7 nitrogen and oxygen atoms in total. The molecule has 0 aromatic carbocycles. The molecule has 0 unspecified atom stereocenters. The van der Waals surface area contributed by atoms with Gasteiger partial charge in [0.25, 0.3) is 11.8 Å². The number of nitrogens with zero attached hydrogens (tertiary/aromatic N) is 2. The zero-order valence-corrected chi connectivity index (χ0v) is 9.43. The second kappa shape index (κ2) is 4.86. The maximum atomic E-state index is 11.7. The molecule has 2 rings (SSSR count). The third-order valence-electron chi connectivity index (χ3n) is 2.34. The Morgan fingerprint density at radius 2 is 2.53 bits per heavy atom. The molecule has 17 heavy (non-hydrogen) atoms. The van der Waals surface area contributed by atoms with Crippen molar-refractivity contribution >= 4 is 11.8 Å². The summed E-state index contributed by atoms with van der Waals surface area (Å²) in [5, 5.41) is 6.24. The van der Waals surface area contributed by atoms with E-state index >= 15 is 0 Å². The van der Waals surface area contributed by atoms with Gasteiger partial charge in [0.2, 0.25) is 5.91 Å². The minimum absolute atomic E-state index is 0.0834. The molecule has 1 saturated heterocycles. The fourth-order valence-corrected chi connectivity index (χ4v) is 1.49. The molecule has 0 atom stereocenters. The maximum absolute atomic E-state index is 11.7. The largest absolute Gasteiger partial charge is 0.465 e. The molecule has 2 heterocycles. The summed E-state index contributed by atoms with van der Waals surface area (Å²) in [4.78, 5) is 24.2. The highest BCUT2D eigenvalue weighted by Gasteiger charge is 2.21. The summed E-state index contributed by atoms with van der Waals surface area (Å²) < 4.78 is 9.94. The van der Waals surface area contributed by atoms with E-state index in [0.29, 0.717) is 18.8 Å². The average Bonchev–Trinajstić information content (AvgIpc) is 2.72. The lowest BCUT2D eigenvalue weighted by molar-refractivity contribution is -0.139. The number of carbonyl (C=O) groups is 2. The van der Waals surface area contributed by atoms with E-state index in [1.807, 2.05) is 0 Å². The van der Waals surface area contributed by atoms with Crippen molar-refractivity contribution in [1.82, 2.24) is 15.4 Å². The molecule has 0 spiro atoms.